The number of methoxy groups -OCH3 is 4. The molecule has 0 aliphatic heterocycles. The Morgan fingerprint density at radius 2 is 0.845 bits per heavy atom. The first kappa shape index (κ1) is 43.4. The number of nitrogens with one attached hydrogen (secondary N) is 1. The van der Waals surface area contributed by atoms with Crippen LogP contribution in [-0.4, -0.2) is 63.9 Å². The van der Waals surface area contributed by atoms with Crippen LogP contribution in [0.1, 0.15) is 22.3 Å². The van der Waals surface area contributed by atoms with Crippen molar-refractivity contribution < 1.29 is 35.8 Å². The smallest absolute Gasteiger partial charge is 0.268 e. The summed E-state index contributed by atoms with van der Waals surface area (Å²) in [6.07, 6.45) is 2.86. The monoisotopic (exact) mass is 846 g/mol. The second-order valence-electron chi connectivity index (χ2n) is 12.6. The normalized spacial score (nSPS) is 11.4. The van der Waals surface area contributed by atoms with Crippen molar-refractivity contribution in [3.05, 3.63) is 171 Å². The van der Waals surface area contributed by atoms with Gasteiger partial charge in [0.15, 0.2) is 0 Å². The maximum atomic E-state index is 13.4. The summed E-state index contributed by atoms with van der Waals surface area (Å²) in [7, 11) is -1.62. The number of rotatable bonds is 16. The van der Waals surface area contributed by atoms with Gasteiger partial charge in [-0.25, -0.2) is 21.8 Å². The molecule has 16 heteroatoms. The molecule has 2 heterocycles. The highest BCUT2D eigenvalue weighted by molar-refractivity contribution is 7.89. The fourth-order valence-electron chi connectivity index (χ4n) is 5.64. The Hall–Kier alpha value is -5.71. The van der Waals surface area contributed by atoms with Gasteiger partial charge in [-0.15, -0.1) is 0 Å². The van der Waals surface area contributed by atoms with E-state index < -0.39 is 25.6 Å². The molecule has 2 aromatic heterocycles. The van der Waals surface area contributed by atoms with Crippen molar-refractivity contribution in [1.82, 2.24) is 18.6 Å². The van der Waals surface area contributed by atoms with E-state index in [9.17, 15) is 21.6 Å². The van der Waals surface area contributed by atoms with E-state index >= 15 is 0 Å². The molecule has 0 bridgehead atoms. The number of sulfonamides is 2. The van der Waals surface area contributed by atoms with Crippen LogP contribution in [0.3, 0.4) is 0 Å². The second kappa shape index (κ2) is 20.1. The lowest BCUT2D eigenvalue weighted by Gasteiger charge is -2.23. The standard InChI is InChI=1S/C21H21ClN2O4S.C21H22N2O5S/c1-27-18-9-5-16(6-10-18)14-24(15-17-7-11-19(28-2)12-8-17)29(25,26)20-4-3-13-23-21(20)22;1-27-18-9-5-16(6-10-18)14-23(15-17-7-11-19(28-2)12-8-17)29(25,26)20-4-3-13-22-21(20)24/h3-13H,14-15H2,1-2H3;3-13H,14-15H2,1-2H3,(H,22,24). The van der Waals surface area contributed by atoms with Gasteiger partial charge in [0, 0.05) is 38.6 Å². The van der Waals surface area contributed by atoms with Gasteiger partial charge in [-0.05, 0) is 95.1 Å². The molecular formula is C42H43ClN4O9S2. The molecule has 0 amide bonds. The van der Waals surface area contributed by atoms with Gasteiger partial charge in [-0.2, -0.15) is 8.61 Å². The molecule has 304 valence electrons. The van der Waals surface area contributed by atoms with Crippen molar-refractivity contribution in [3.8, 4) is 23.0 Å². The zero-order chi connectivity index (χ0) is 41.7. The molecule has 0 radical (unpaired) electrons. The zero-order valence-electron chi connectivity index (χ0n) is 32.2. The molecule has 4 aromatic carbocycles. The van der Waals surface area contributed by atoms with Gasteiger partial charge in [-0.1, -0.05) is 60.1 Å². The van der Waals surface area contributed by atoms with Crippen molar-refractivity contribution in [2.75, 3.05) is 28.4 Å². The third-order valence-corrected chi connectivity index (χ3v) is 12.9. The summed E-state index contributed by atoms with van der Waals surface area (Å²) < 4.78 is 76.6. The lowest BCUT2D eigenvalue weighted by Crippen LogP contribution is -2.33. The number of pyridine rings is 2. The quantitative estimate of drug-likeness (QED) is 0.101. The van der Waals surface area contributed by atoms with E-state index in [4.69, 9.17) is 30.5 Å². The first-order valence-electron chi connectivity index (χ1n) is 17.7. The highest BCUT2D eigenvalue weighted by Crippen LogP contribution is 2.27. The van der Waals surface area contributed by atoms with Crippen LogP contribution in [0, 0.1) is 0 Å². The largest absolute Gasteiger partial charge is 0.497 e. The molecule has 1 N–H and O–H groups in total. The maximum absolute atomic E-state index is 13.4. The Bertz CT molecular complexity index is 2420. The first-order chi connectivity index (χ1) is 27.9. The molecule has 6 aromatic rings. The lowest BCUT2D eigenvalue weighted by molar-refractivity contribution is 0.397. The van der Waals surface area contributed by atoms with Gasteiger partial charge >= 0.3 is 0 Å². The molecule has 0 aliphatic carbocycles. The predicted octanol–water partition coefficient (Wildman–Crippen LogP) is 6.93. The Labute approximate surface area is 343 Å². The highest BCUT2D eigenvalue weighted by atomic mass is 35.5. The summed E-state index contributed by atoms with van der Waals surface area (Å²) in [4.78, 5) is 18.2. The van der Waals surface area contributed by atoms with Crippen molar-refractivity contribution in [1.29, 1.82) is 0 Å². The molecular weight excluding hydrogens is 804 g/mol. The minimum Gasteiger partial charge on any atom is -0.497 e. The van der Waals surface area contributed by atoms with Crippen LogP contribution in [0.25, 0.3) is 0 Å². The summed E-state index contributed by atoms with van der Waals surface area (Å²) >= 11 is 6.09. The summed E-state index contributed by atoms with van der Waals surface area (Å²) in [6.45, 7) is 0.548. The van der Waals surface area contributed by atoms with E-state index in [2.05, 4.69) is 9.97 Å². The van der Waals surface area contributed by atoms with E-state index in [0.717, 1.165) is 22.3 Å². The van der Waals surface area contributed by atoms with Crippen LogP contribution >= 0.6 is 11.6 Å². The number of benzene rings is 4. The highest BCUT2D eigenvalue weighted by Gasteiger charge is 2.29. The zero-order valence-corrected chi connectivity index (χ0v) is 34.6. The molecule has 6 rings (SSSR count). The molecule has 0 saturated carbocycles. The van der Waals surface area contributed by atoms with Crippen LogP contribution in [0.2, 0.25) is 5.15 Å². The van der Waals surface area contributed by atoms with Crippen molar-refractivity contribution >= 4 is 31.6 Å². The van der Waals surface area contributed by atoms with E-state index in [1.54, 1.807) is 107 Å². The molecule has 0 atom stereocenters. The van der Waals surface area contributed by atoms with Gasteiger partial charge < -0.3 is 23.9 Å². The molecule has 58 heavy (non-hydrogen) atoms. The minimum atomic E-state index is -4.03. The van der Waals surface area contributed by atoms with Crippen LogP contribution < -0.4 is 24.5 Å². The molecule has 0 aliphatic rings. The van der Waals surface area contributed by atoms with Crippen LogP contribution in [0.4, 0.5) is 0 Å². The van der Waals surface area contributed by atoms with E-state index in [-0.39, 0.29) is 41.1 Å². The summed E-state index contributed by atoms with van der Waals surface area (Å²) in [5.41, 5.74) is 2.54. The predicted molar refractivity (Wildman–Crippen MR) is 221 cm³/mol. The average Bonchev–Trinajstić information content (AvgIpc) is 3.24. The Morgan fingerprint density at radius 3 is 1.16 bits per heavy atom. The van der Waals surface area contributed by atoms with Crippen LogP contribution in [0.5, 0.6) is 23.0 Å². The molecule has 0 fully saturated rings. The third-order valence-electron chi connectivity index (χ3n) is 8.81. The third kappa shape index (κ3) is 11.2. The van der Waals surface area contributed by atoms with Gasteiger partial charge in [0.25, 0.3) is 5.56 Å². The molecule has 0 unspecified atom stereocenters. The van der Waals surface area contributed by atoms with Gasteiger partial charge in [0.05, 0.1) is 28.4 Å². The fourth-order valence-corrected chi connectivity index (χ4v) is 8.95. The topological polar surface area (TPSA) is 157 Å². The Kier molecular flexibility index (Phi) is 15.1. The first-order valence-corrected chi connectivity index (χ1v) is 20.9. The van der Waals surface area contributed by atoms with E-state index in [0.29, 0.717) is 23.0 Å². The Balaban J connectivity index is 0.000000221. The fraction of sp³-hybridized carbons (Fsp3) is 0.190. The second-order valence-corrected chi connectivity index (χ2v) is 16.8. The minimum absolute atomic E-state index is 0.0244. The molecule has 0 saturated heterocycles. The average molecular weight is 847 g/mol. The number of aromatic amines is 1. The lowest BCUT2D eigenvalue weighted by atomic mass is 10.2. The van der Waals surface area contributed by atoms with Gasteiger partial charge in [-0.3, -0.25) is 4.79 Å². The number of hydrogen-bond acceptors (Lipinski definition) is 10. The van der Waals surface area contributed by atoms with Crippen molar-refractivity contribution in [2.24, 2.45) is 0 Å². The number of ether oxygens (including phenoxy) is 4. The van der Waals surface area contributed by atoms with E-state index in [1.807, 2.05) is 24.3 Å². The van der Waals surface area contributed by atoms with E-state index in [1.165, 1.54) is 39.2 Å². The number of aromatic nitrogens is 2. The van der Waals surface area contributed by atoms with Crippen molar-refractivity contribution in [2.45, 2.75) is 36.0 Å². The summed E-state index contributed by atoms with van der Waals surface area (Å²) in [6, 6.07) is 34.6. The molecule has 0 spiro atoms. The number of hydrogen-bond donors (Lipinski definition) is 1. The number of halogens is 1. The maximum Gasteiger partial charge on any atom is 0.268 e. The van der Waals surface area contributed by atoms with Crippen molar-refractivity contribution in [3.63, 3.8) is 0 Å². The molecule has 13 nitrogen and oxygen atoms in total. The summed E-state index contributed by atoms with van der Waals surface area (Å²) in [5, 5.41) is -0.0537. The SMILES string of the molecule is COc1ccc(CN(Cc2ccc(OC)cc2)S(=O)(=O)c2ccc[nH]c2=O)cc1.COc1ccc(CN(Cc2ccc(OC)cc2)S(=O)(=O)c2cccnc2Cl)cc1. The van der Waals surface area contributed by atoms with Gasteiger partial charge in [0.1, 0.15) is 37.9 Å². The van der Waals surface area contributed by atoms with Crippen LogP contribution in [0.15, 0.2) is 148 Å². The number of H-pyrrole nitrogens is 1. The number of nitrogens with zero attached hydrogens (tertiary/aromatic N) is 3. The van der Waals surface area contributed by atoms with Gasteiger partial charge in [0.2, 0.25) is 20.0 Å². The van der Waals surface area contributed by atoms with Crippen LogP contribution in [-0.2, 0) is 46.2 Å². The summed E-state index contributed by atoms with van der Waals surface area (Å²) in [5.74, 6) is 2.76. The Morgan fingerprint density at radius 1 is 0.517 bits per heavy atom.